The van der Waals surface area contributed by atoms with E-state index in [1.165, 1.54) is 30.2 Å². The Morgan fingerprint density at radius 2 is 1.95 bits per heavy atom. The molecule has 21 heavy (non-hydrogen) atoms. The van der Waals surface area contributed by atoms with Crippen molar-refractivity contribution >= 4 is 10.9 Å². The van der Waals surface area contributed by atoms with Crippen LogP contribution in [0.4, 0.5) is 0 Å². The summed E-state index contributed by atoms with van der Waals surface area (Å²) in [6.07, 6.45) is 6.80. The van der Waals surface area contributed by atoms with Gasteiger partial charge in [0.25, 0.3) is 0 Å². The van der Waals surface area contributed by atoms with Gasteiger partial charge in [0, 0.05) is 17.1 Å². The summed E-state index contributed by atoms with van der Waals surface area (Å²) in [6, 6.07) is 10.5. The molecule has 2 nitrogen and oxygen atoms in total. The number of hydrogen-bond donors (Lipinski definition) is 1. The number of benzene rings is 1. The van der Waals surface area contributed by atoms with Crippen LogP contribution in [0.25, 0.3) is 10.9 Å². The maximum absolute atomic E-state index is 6.96. The lowest BCUT2D eigenvalue weighted by Gasteiger charge is -2.48. The highest BCUT2D eigenvalue weighted by Crippen LogP contribution is 2.48. The molecule has 2 heteroatoms. The first kappa shape index (κ1) is 14.5. The summed E-state index contributed by atoms with van der Waals surface area (Å²) in [4.78, 5) is 4.64. The molecule has 3 rings (SSSR count). The Morgan fingerprint density at radius 1 is 1.19 bits per heavy atom. The van der Waals surface area contributed by atoms with Gasteiger partial charge >= 0.3 is 0 Å². The van der Waals surface area contributed by atoms with Gasteiger partial charge in [-0.05, 0) is 41.9 Å². The van der Waals surface area contributed by atoms with Crippen LogP contribution in [0, 0.1) is 11.3 Å². The van der Waals surface area contributed by atoms with E-state index in [4.69, 9.17) is 5.73 Å². The van der Waals surface area contributed by atoms with Crippen molar-refractivity contribution in [1.82, 2.24) is 4.98 Å². The molecule has 0 bridgehead atoms. The minimum Gasteiger partial charge on any atom is -0.321 e. The Labute approximate surface area is 127 Å². The molecule has 0 spiro atoms. The third kappa shape index (κ3) is 2.57. The Hall–Kier alpha value is -1.41. The number of para-hydroxylation sites is 1. The van der Waals surface area contributed by atoms with Gasteiger partial charge in [0.1, 0.15) is 0 Å². The predicted molar refractivity (Wildman–Crippen MR) is 89.0 cm³/mol. The average Bonchev–Trinajstić information content (AvgIpc) is 2.46. The molecule has 1 aliphatic carbocycles. The molecule has 1 fully saturated rings. The Kier molecular flexibility index (Phi) is 3.53. The summed E-state index contributed by atoms with van der Waals surface area (Å²) < 4.78 is 0. The van der Waals surface area contributed by atoms with Gasteiger partial charge in [0.05, 0.1) is 5.52 Å². The minimum absolute atomic E-state index is 0.223. The fourth-order valence-corrected chi connectivity index (χ4v) is 4.07. The van der Waals surface area contributed by atoms with Crippen molar-refractivity contribution in [1.29, 1.82) is 0 Å². The van der Waals surface area contributed by atoms with Crippen molar-refractivity contribution < 1.29 is 0 Å². The van der Waals surface area contributed by atoms with Crippen molar-refractivity contribution in [2.75, 3.05) is 0 Å². The number of pyridine rings is 1. The fraction of sp³-hybridized carbons (Fsp3) is 0.526. The first-order valence-electron chi connectivity index (χ1n) is 8.05. The number of hydrogen-bond acceptors (Lipinski definition) is 2. The van der Waals surface area contributed by atoms with Crippen molar-refractivity contribution in [3.63, 3.8) is 0 Å². The lowest BCUT2D eigenvalue weighted by Crippen LogP contribution is -2.51. The Balaban J connectivity index is 2.08. The van der Waals surface area contributed by atoms with Crippen LogP contribution in [0.2, 0.25) is 0 Å². The van der Waals surface area contributed by atoms with Gasteiger partial charge in [-0.3, -0.25) is 4.98 Å². The third-order valence-corrected chi connectivity index (χ3v) is 5.13. The first-order valence-corrected chi connectivity index (χ1v) is 8.05. The highest BCUT2D eigenvalue weighted by atomic mass is 14.8. The number of nitrogens with two attached hydrogens (primary N) is 1. The van der Waals surface area contributed by atoms with Crippen LogP contribution in [-0.2, 0) is 5.54 Å². The molecule has 0 aliphatic heterocycles. The summed E-state index contributed by atoms with van der Waals surface area (Å²) in [5.41, 5.74) is 9.20. The van der Waals surface area contributed by atoms with Gasteiger partial charge < -0.3 is 5.73 Å². The largest absolute Gasteiger partial charge is 0.321 e. The van der Waals surface area contributed by atoms with E-state index in [9.17, 15) is 0 Å². The molecule has 0 radical (unpaired) electrons. The van der Waals surface area contributed by atoms with Crippen molar-refractivity contribution in [3.05, 3.63) is 42.1 Å². The van der Waals surface area contributed by atoms with E-state index >= 15 is 0 Å². The molecule has 0 saturated heterocycles. The molecule has 1 aliphatic rings. The van der Waals surface area contributed by atoms with Gasteiger partial charge in [-0.15, -0.1) is 0 Å². The second kappa shape index (κ2) is 5.10. The fourth-order valence-electron chi connectivity index (χ4n) is 4.07. The molecule has 2 aromatic rings. The molecule has 1 aromatic heterocycles. The Bertz CT molecular complexity index is 641. The van der Waals surface area contributed by atoms with Gasteiger partial charge in [0.15, 0.2) is 0 Å². The van der Waals surface area contributed by atoms with E-state index in [1.807, 2.05) is 12.3 Å². The van der Waals surface area contributed by atoms with E-state index in [-0.39, 0.29) is 11.0 Å². The topological polar surface area (TPSA) is 38.9 Å². The van der Waals surface area contributed by atoms with Crippen molar-refractivity contribution in [2.24, 2.45) is 17.1 Å². The summed E-state index contributed by atoms with van der Waals surface area (Å²) in [5.74, 6) is 0.502. The van der Waals surface area contributed by atoms with Crippen LogP contribution in [0.3, 0.4) is 0 Å². The molecule has 2 atom stereocenters. The Morgan fingerprint density at radius 3 is 2.71 bits per heavy atom. The molecule has 2 N–H and O–H groups in total. The zero-order chi connectivity index (χ0) is 15.1. The van der Waals surface area contributed by atoms with Crippen LogP contribution < -0.4 is 5.73 Å². The maximum Gasteiger partial charge on any atom is 0.0702 e. The smallest absolute Gasteiger partial charge is 0.0702 e. The van der Waals surface area contributed by atoms with Gasteiger partial charge in [-0.1, -0.05) is 51.8 Å². The lowest BCUT2D eigenvalue weighted by atomic mass is 9.60. The second-order valence-corrected chi connectivity index (χ2v) is 7.62. The number of aromatic nitrogens is 1. The van der Waals surface area contributed by atoms with Gasteiger partial charge in [0.2, 0.25) is 0 Å². The second-order valence-electron chi connectivity index (χ2n) is 7.62. The molecular formula is C19H26N2. The van der Waals surface area contributed by atoms with E-state index in [0.29, 0.717) is 5.92 Å². The van der Waals surface area contributed by atoms with E-state index in [2.05, 4.69) is 50.0 Å². The van der Waals surface area contributed by atoms with E-state index in [0.717, 1.165) is 11.9 Å². The summed E-state index contributed by atoms with van der Waals surface area (Å²) in [7, 11) is 0. The SMILES string of the molecule is CC(C)(C)C1CCCCC1(N)c1cnc2ccccc2c1. The first-order chi connectivity index (χ1) is 9.91. The average molecular weight is 282 g/mol. The van der Waals surface area contributed by atoms with Crippen LogP contribution in [0.5, 0.6) is 0 Å². The molecule has 112 valence electrons. The van der Waals surface area contributed by atoms with Crippen LogP contribution in [-0.4, -0.2) is 4.98 Å². The highest BCUT2D eigenvalue weighted by Gasteiger charge is 2.44. The standard InChI is InChI=1S/C19H26N2/c1-18(2,3)17-10-6-7-11-19(17,20)15-12-14-8-4-5-9-16(14)21-13-15/h4-5,8-9,12-13,17H,6-7,10-11,20H2,1-3H3. The monoisotopic (exact) mass is 282 g/mol. The molecule has 0 amide bonds. The lowest BCUT2D eigenvalue weighted by molar-refractivity contribution is 0.0777. The van der Waals surface area contributed by atoms with Gasteiger partial charge in [-0.2, -0.15) is 0 Å². The van der Waals surface area contributed by atoms with Crippen molar-refractivity contribution in [2.45, 2.75) is 52.0 Å². The number of rotatable bonds is 1. The quantitative estimate of drug-likeness (QED) is 0.828. The molecule has 2 unspecified atom stereocenters. The number of fused-ring (bicyclic) bond motifs is 1. The normalized spacial score (nSPS) is 27.0. The van der Waals surface area contributed by atoms with Crippen LogP contribution in [0.15, 0.2) is 36.5 Å². The predicted octanol–water partition coefficient (Wildman–Crippen LogP) is 4.63. The van der Waals surface area contributed by atoms with Crippen LogP contribution in [0.1, 0.15) is 52.0 Å². The number of nitrogens with zero attached hydrogens (tertiary/aromatic N) is 1. The van der Waals surface area contributed by atoms with Crippen molar-refractivity contribution in [3.8, 4) is 0 Å². The van der Waals surface area contributed by atoms with Crippen LogP contribution >= 0.6 is 0 Å². The zero-order valence-electron chi connectivity index (χ0n) is 13.4. The van der Waals surface area contributed by atoms with Gasteiger partial charge in [-0.25, -0.2) is 0 Å². The maximum atomic E-state index is 6.96. The summed E-state index contributed by atoms with van der Waals surface area (Å²) in [6.45, 7) is 6.96. The summed E-state index contributed by atoms with van der Waals surface area (Å²) >= 11 is 0. The van der Waals surface area contributed by atoms with E-state index < -0.39 is 0 Å². The zero-order valence-corrected chi connectivity index (χ0v) is 13.4. The van der Waals surface area contributed by atoms with E-state index in [1.54, 1.807) is 0 Å². The molecule has 1 saturated carbocycles. The minimum atomic E-state index is -0.243. The highest BCUT2D eigenvalue weighted by molar-refractivity contribution is 5.79. The molecular weight excluding hydrogens is 256 g/mol. The molecule has 1 aromatic carbocycles. The third-order valence-electron chi connectivity index (χ3n) is 5.13. The summed E-state index contributed by atoms with van der Waals surface area (Å²) in [5, 5.41) is 1.19. The molecule has 1 heterocycles.